The number of nitrogens with one attached hydrogen (secondary N) is 1. The van der Waals surface area contributed by atoms with Crippen molar-refractivity contribution < 1.29 is 23.2 Å². The van der Waals surface area contributed by atoms with Crippen LogP contribution >= 0.6 is 23.5 Å². The predicted molar refractivity (Wildman–Crippen MR) is 155 cm³/mol. The summed E-state index contributed by atoms with van der Waals surface area (Å²) in [6, 6.07) is 8.51. The molecule has 0 bridgehead atoms. The molecule has 15 heteroatoms. The van der Waals surface area contributed by atoms with Crippen LogP contribution in [0.15, 0.2) is 46.8 Å². The van der Waals surface area contributed by atoms with Gasteiger partial charge in [-0.3, -0.25) is 14.5 Å². The fourth-order valence-corrected chi connectivity index (χ4v) is 8.03. The molecule has 2 aliphatic rings. The molecule has 1 fully saturated rings. The minimum Gasteiger partial charge on any atom is -0.515 e. The van der Waals surface area contributed by atoms with Gasteiger partial charge in [-0.15, -0.1) is 16.9 Å². The standard InChI is InChI=1S/C24H34N6O5S2Si2/c1-29-24(26-27-28-29)37-14-16-13-36-22-17(21(32)30(22)18(16)23(33)35-39(5,6)7)25-20(31)19(34-38(2,3)4)15-11-9-8-10-12-15/h8-12,17,19,22H,13-14H2,1-7H3,(H,25,31)/t17-,19-,22-/m1/s1. The zero-order valence-corrected chi connectivity index (χ0v) is 26.8. The molecule has 0 radical (unpaired) electrons. The number of hydrogen-bond acceptors (Lipinski definition) is 10. The van der Waals surface area contributed by atoms with Crippen molar-refractivity contribution in [2.75, 3.05) is 11.5 Å². The van der Waals surface area contributed by atoms with Gasteiger partial charge in [-0.2, -0.15) is 0 Å². The van der Waals surface area contributed by atoms with Crippen molar-refractivity contribution in [3.05, 3.63) is 47.2 Å². The Bertz CT molecular complexity index is 1280. The number of fused-ring (bicyclic) bond motifs is 1. The zero-order valence-electron chi connectivity index (χ0n) is 23.1. The molecule has 11 nitrogen and oxygen atoms in total. The van der Waals surface area contributed by atoms with Crippen LogP contribution in [-0.4, -0.2) is 82.4 Å². The van der Waals surface area contributed by atoms with Crippen molar-refractivity contribution >= 4 is 57.9 Å². The van der Waals surface area contributed by atoms with Crippen LogP contribution in [0.4, 0.5) is 0 Å². The molecule has 0 spiro atoms. The maximum absolute atomic E-state index is 13.5. The third-order valence-corrected chi connectivity index (χ3v) is 9.88. The van der Waals surface area contributed by atoms with Gasteiger partial charge >= 0.3 is 5.97 Å². The molecule has 1 saturated heterocycles. The van der Waals surface area contributed by atoms with E-state index in [2.05, 4.69) is 20.8 Å². The molecule has 3 heterocycles. The van der Waals surface area contributed by atoms with Gasteiger partial charge in [0.05, 0.1) is 0 Å². The number of carbonyl (C=O) groups excluding carboxylic acids is 3. The Balaban J connectivity index is 1.56. The Morgan fingerprint density at radius 3 is 2.44 bits per heavy atom. The highest BCUT2D eigenvalue weighted by Gasteiger charge is 2.55. The number of nitrogens with zero attached hydrogens (tertiary/aromatic N) is 5. The lowest BCUT2D eigenvalue weighted by molar-refractivity contribution is -0.151. The average Bonchev–Trinajstić information content (AvgIpc) is 3.27. The van der Waals surface area contributed by atoms with Crippen LogP contribution in [0.3, 0.4) is 0 Å². The fourth-order valence-electron chi connectivity index (χ4n) is 4.09. The van der Waals surface area contributed by atoms with Crippen molar-refractivity contribution in [2.24, 2.45) is 7.05 Å². The molecule has 2 aromatic rings. The van der Waals surface area contributed by atoms with E-state index in [1.165, 1.54) is 28.4 Å². The summed E-state index contributed by atoms with van der Waals surface area (Å²) in [5.74, 6) is -0.291. The lowest BCUT2D eigenvalue weighted by atomic mass is 10.0. The van der Waals surface area contributed by atoms with Crippen LogP contribution in [0.25, 0.3) is 0 Å². The first kappa shape index (κ1) is 29.5. The molecule has 210 valence electrons. The van der Waals surface area contributed by atoms with Gasteiger partial charge in [0.15, 0.2) is 8.32 Å². The Morgan fingerprint density at radius 1 is 1.15 bits per heavy atom. The quantitative estimate of drug-likeness (QED) is 0.245. The van der Waals surface area contributed by atoms with Crippen molar-refractivity contribution in [1.82, 2.24) is 30.4 Å². The summed E-state index contributed by atoms with van der Waals surface area (Å²) in [4.78, 5) is 41.8. The van der Waals surface area contributed by atoms with E-state index in [1.54, 1.807) is 11.7 Å². The number of carbonyl (C=O) groups is 3. The van der Waals surface area contributed by atoms with E-state index in [0.717, 1.165) is 11.1 Å². The summed E-state index contributed by atoms with van der Waals surface area (Å²) in [5, 5.41) is 14.6. The van der Waals surface area contributed by atoms with Gasteiger partial charge in [-0.25, -0.2) is 9.48 Å². The number of amides is 2. The topological polar surface area (TPSA) is 129 Å². The number of aryl methyl sites for hydroxylation is 1. The lowest BCUT2D eigenvalue weighted by Crippen LogP contribution is -2.71. The first-order chi connectivity index (χ1) is 18.2. The van der Waals surface area contributed by atoms with E-state index in [9.17, 15) is 14.4 Å². The molecule has 0 saturated carbocycles. The highest BCUT2D eigenvalue weighted by atomic mass is 32.2. The normalized spacial score (nSPS) is 20.3. The number of benzene rings is 1. The van der Waals surface area contributed by atoms with E-state index < -0.39 is 40.1 Å². The fraction of sp³-hybridized carbons (Fsp3) is 0.500. The van der Waals surface area contributed by atoms with Crippen molar-refractivity contribution in [3.8, 4) is 0 Å². The van der Waals surface area contributed by atoms with Crippen LogP contribution in [0.1, 0.15) is 11.7 Å². The van der Waals surface area contributed by atoms with Gasteiger partial charge in [-0.1, -0.05) is 42.1 Å². The largest absolute Gasteiger partial charge is 0.515 e. The number of aromatic nitrogens is 4. The van der Waals surface area contributed by atoms with E-state index in [4.69, 9.17) is 8.85 Å². The van der Waals surface area contributed by atoms with E-state index in [1.807, 2.05) is 69.6 Å². The summed E-state index contributed by atoms with van der Waals surface area (Å²) < 4.78 is 13.6. The second-order valence-corrected chi connectivity index (χ2v) is 22.2. The summed E-state index contributed by atoms with van der Waals surface area (Å²) in [6.07, 6.45) is -0.827. The molecule has 4 rings (SSSR count). The van der Waals surface area contributed by atoms with Gasteiger partial charge in [0.2, 0.25) is 13.5 Å². The van der Waals surface area contributed by atoms with Crippen molar-refractivity contribution in [3.63, 3.8) is 0 Å². The molecule has 1 aromatic heterocycles. The molecule has 1 aromatic carbocycles. The van der Waals surface area contributed by atoms with Crippen LogP contribution < -0.4 is 5.32 Å². The van der Waals surface area contributed by atoms with Crippen molar-refractivity contribution in [2.45, 2.75) is 62.0 Å². The zero-order chi connectivity index (χ0) is 28.5. The summed E-state index contributed by atoms with van der Waals surface area (Å²) >= 11 is 2.89. The Labute approximate surface area is 238 Å². The number of β-lactam (4-membered cyclic amide) rings is 1. The van der Waals surface area contributed by atoms with E-state index >= 15 is 0 Å². The first-order valence-electron chi connectivity index (χ1n) is 12.5. The number of thioether (sulfide) groups is 2. The third-order valence-electron chi connectivity index (χ3n) is 5.71. The highest BCUT2D eigenvalue weighted by molar-refractivity contribution is 8.01. The minimum atomic E-state index is -2.24. The smallest absolute Gasteiger partial charge is 0.341 e. The Hall–Kier alpha value is -2.47. The van der Waals surface area contributed by atoms with Gasteiger partial charge < -0.3 is 14.2 Å². The number of hydrogen-bond donors (Lipinski definition) is 1. The number of tetrazole rings is 1. The van der Waals surface area contributed by atoms with Crippen LogP contribution in [0.2, 0.25) is 39.3 Å². The van der Waals surface area contributed by atoms with Crippen molar-refractivity contribution in [1.29, 1.82) is 0 Å². The molecule has 2 aliphatic heterocycles. The molecule has 3 atom stereocenters. The maximum Gasteiger partial charge on any atom is 0.341 e. The molecule has 0 aliphatic carbocycles. The Morgan fingerprint density at radius 2 is 1.85 bits per heavy atom. The molecule has 0 unspecified atom stereocenters. The lowest BCUT2D eigenvalue weighted by Gasteiger charge is -2.50. The summed E-state index contributed by atoms with van der Waals surface area (Å²) in [6.45, 7) is 11.8. The predicted octanol–water partition coefficient (Wildman–Crippen LogP) is 2.93. The molecular formula is C24H34N6O5S2Si2. The van der Waals surface area contributed by atoms with E-state index in [0.29, 0.717) is 16.7 Å². The third kappa shape index (κ3) is 7.00. The maximum atomic E-state index is 13.5. The molecular weight excluding hydrogens is 573 g/mol. The van der Waals surface area contributed by atoms with Gasteiger partial charge in [-0.05, 0) is 60.8 Å². The molecule has 39 heavy (non-hydrogen) atoms. The second-order valence-electron chi connectivity index (χ2n) is 11.2. The summed E-state index contributed by atoms with van der Waals surface area (Å²) in [7, 11) is -2.60. The highest BCUT2D eigenvalue weighted by Crippen LogP contribution is 2.42. The molecule has 1 N–H and O–H groups in total. The first-order valence-corrected chi connectivity index (χ1v) is 21.4. The SMILES string of the molecule is Cn1nnnc1SCC1=C(C(=O)O[Si](C)(C)C)N2C(=O)[C@@H](NC(=O)[C@H](O[Si](C)(C)C)c3ccccc3)[C@H]2SC1. The van der Waals surface area contributed by atoms with Gasteiger partial charge in [0.25, 0.3) is 11.8 Å². The minimum absolute atomic E-state index is 0.261. The summed E-state index contributed by atoms with van der Waals surface area (Å²) in [5.41, 5.74) is 1.77. The van der Waals surface area contributed by atoms with Crippen LogP contribution in [-0.2, 0) is 30.3 Å². The number of rotatable bonds is 10. The van der Waals surface area contributed by atoms with Crippen LogP contribution in [0.5, 0.6) is 0 Å². The monoisotopic (exact) mass is 606 g/mol. The molecule has 2 amide bonds. The van der Waals surface area contributed by atoms with Gasteiger partial charge in [0, 0.05) is 18.6 Å². The average molecular weight is 607 g/mol. The second kappa shape index (κ2) is 11.6. The van der Waals surface area contributed by atoms with E-state index in [-0.39, 0.29) is 17.5 Å². The Kier molecular flexibility index (Phi) is 8.75. The van der Waals surface area contributed by atoms with Gasteiger partial charge in [0.1, 0.15) is 23.2 Å². The van der Waals surface area contributed by atoms with Crippen LogP contribution in [0, 0.1) is 0 Å².